The van der Waals surface area contributed by atoms with Crippen LogP contribution in [0.25, 0.3) is 0 Å². The Morgan fingerprint density at radius 3 is 0.782 bits per heavy atom. The van der Waals surface area contributed by atoms with Crippen molar-refractivity contribution in [3.8, 4) is 0 Å². The number of hydrogen-bond acceptors (Lipinski definition) is 6. The van der Waals surface area contributed by atoms with E-state index in [1.807, 2.05) is 0 Å². The molecule has 0 saturated heterocycles. The van der Waals surface area contributed by atoms with Crippen LogP contribution in [0.5, 0.6) is 0 Å². The summed E-state index contributed by atoms with van der Waals surface area (Å²) < 4.78 is 16.9. The summed E-state index contributed by atoms with van der Waals surface area (Å²) in [5.41, 5.74) is 0. The second-order valence-corrected chi connectivity index (χ2v) is 20.9. The van der Waals surface area contributed by atoms with Gasteiger partial charge in [0.05, 0.1) is 0 Å². The normalized spacial score (nSPS) is 13.0. The Labute approximate surface area is 481 Å². The number of carbonyl (C=O) groups is 3. The number of hydrogen-bond donors (Lipinski definition) is 0. The van der Waals surface area contributed by atoms with Gasteiger partial charge in [-0.2, -0.15) is 0 Å². The van der Waals surface area contributed by atoms with Crippen LogP contribution in [-0.4, -0.2) is 37.2 Å². The number of ether oxygens (including phenoxy) is 3. The number of allylic oxidation sites excluding steroid dienone is 22. The van der Waals surface area contributed by atoms with E-state index in [2.05, 4.69) is 154 Å². The Morgan fingerprint density at radius 2 is 0.500 bits per heavy atom. The van der Waals surface area contributed by atoms with Crippen LogP contribution in [0.3, 0.4) is 0 Å². The average Bonchev–Trinajstić information content (AvgIpc) is 3.44. The monoisotopic (exact) mass is 1080 g/mol. The van der Waals surface area contributed by atoms with Crippen LogP contribution < -0.4 is 0 Å². The van der Waals surface area contributed by atoms with Crippen molar-refractivity contribution in [3.63, 3.8) is 0 Å². The van der Waals surface area contributed by atoms with Crippen molar-refractivity contribution in [1.82, 2.24) is 0 Å². The molecule has 0 spiro atoms. The van der Waals surface area contributed by atoms with Crippen molar-refractivity contribution in [2.24, 2.45) is 0 Å². The zero-order valence-electron chi connectivity index (χ0n) is 50.6. The summed E-state index contributed by atoms with van der Waals surface area (Å²) in [5.74, 6) is -0.905. The standard InChI is InChI=1S/C72H118O6/c1-4-7-10-13-16-19-22-24-26-28-30-32-34-35-36-37-39-40-42-44-46-48-50-53-56-59-62-65-71(74)77-68-69(67-76-70(73)64-61-58-55-52-21-18-15-12-9-6-3)78-72(75)66-63-60-57-54-51-49-47-45-43-41-38-33-31-29-27-25-23-20-17-14-11-8-5-2/h7-8,10-11,16-17,19-20,24-27,30-33,35-36,39-41,43,69H,4-6,9,12-15,18,21-23,28-29,34,37-38,42,44-68H2,1-3H3/b10-7-,11-8-,19-16-,20-17-,26-24-,27-25-,32-30-,33-31-,36-35-,40-39-,43-41-. The molecule has 0 radical (unpaired) electrons. The minimum atomic E-state index is -0.791. The van der Waals surface area contributed by atoms with Gasteiger partial charge in [-0.25, -0.2) is 0 Å². The molecule has 442 valence electrons. The van der Waals surface area contributed by atoms with Gasteiger partial charge in [0.2, 0.25) is 0 Å². The second kappa shape index (κ2) is 65.1. The molecule has 0 aromatic heterocycles. The lowest BCUT2D eigenvalue weighted by atomic mass is 10.1. The van der Waals surface area contributed by atoms with Crippen molar-refractivity contribution in [2.45, 2.75) is 290 Å². The highest BCUT2D eigenvalue weighted by Gasteiger charge is 2.19. The predicted octanol–water partition coefficient (Wildman–Crippen LogP) is 22.2. The first-order valence-corrected chi connectivity index (χ1v) is 32.2. The third kappa shape index (κ3) is 62.4. The molecule has 0 heterocycles. The number of carbonyl (C=O) groups excluding carboxylic acids is 3. The van der Waals surface area contributed by atoms with E-state index in [1.54, 1.807) is 0 Å². The van der Waals surface area contributed by atoms with Gasteiger partial charge >= 0.3 is 17.9 Å². The maximum absolute atomic E-state index is 12.9. The van der Waals surface area contributed by atoms with Crippen molar-refractivity contribution in [2.75, 3.05) is 13.2 Å². The maximum Gasteiger partial charge on any atom is 0.306 e. The molecule has 0 bridgehead atoms. The summed E-state index contributed by atoms with van der Waals surface area (Å²) in [7, 11) is 0. The topological polar surface area (TPSA) is 78.9 Å². The predicted molar refractivity (Wildman–Crippen MR) is 339 cm³/mol. The lowest BCUT2D eigenvalue weighted by Crippen LogP contribution is -2.30. The third-order valence-corrected chi connectivity index (χ3v) is 13.4. The van der Waals surface area contributed by atoms with Gasteiger partial charge in [0.25, 0.3) is 0 Å². The number of esters is 3. The molecule has 0 amide bonds. The molecule has 1 unspecified atom stereocenters. The molecule has 0 N–H and O–H groups in total. The van der Waals surface area contributed by atoms with E-state index in [-0.39, 0.29) is 31.1 Å². The second-order valence-electron chi connectivity index (χ2n) is 20.9. The minimum absolute atomic E-state index is 0.0867. The quantitative estimate of drug-likeness (QED) is 0.0261. The first-order valence-electron chi connectivity index (χ1n) is 32.2. The van der Waals surface area contributed by atoms with Crippen LogP contribution in [-0.2, 0) is 28.6 Å². The SMILES string of the molecule is CC/C=C\C/C=C\C/C=C\C/C=C\C/C=C\C/C=C\CCCCCCCCCCC(=O)OCC(COC(=O)CCCCCCCCCCCC)OC(=O)CCCCCCCCC/C=C\C/C=C\C/C=C\C/C=C\C/C=C\CC. The largest absolute Gasteiger partial charge is 0.462 e. The summed E-state index contributed by atoms with van der Waals surface area (Å²) >= 11 is 0. The molecule has 6 nitrogen and oxygen atoms in total. The fraction of sp³-hybridized carbons (Fsp3) is 0.653. The van der Waals surface area contributed by atoms with Gasteiger partial charge in [-0.15, -0.1) is 0 Å². The maximum atomic E-state index is 12.9. The Balaban J connectivity index is 4.32. The summed E-state index contributed by atoms with van der Waals surface area (Å²) in [6, 6.07) is 0. The van der Waals surface area contributed by atoms with Crippen LogP contribution in [0, 0.1) is 0 Å². The summed E-state index contributed by atoms with van der Waals surface area (Å²) in [4.78, 5) is 38.3. The molecule has 0 rings (SSSR count). The fourth-order valence-electron chi connectivity index (χ4n) is 8.65. The molecule has 78 heavy (non-hydrogen) atoms. The van der Waals surface area contributed by atoms with Crippen LogP contribution in [0.2, 0.25) is 0 Å². The Morgan fingerprint density at radius 1 is 0.269 bits per heavy atom. The molecular weight excluding hydrogens is 961 g/mol. The van der Waals surface area contributed by atoms with Crippen molar-refractivity contribution in [3.05, 3.63) is 134 Å². The van der Waals surface area contributed by atoms with Gasteiger partial charge < -0.3 is 14.2 Å². The van der Waals surface area contributed by atoms with Gasteiger partial charge in [0.15, 0.2) is 6.10 Å². The molecule has 0 aliphatic rings. The van der Waals surface area contributed by atoms with Crippen LogP contribution in [0.1, 0.15) is 284 Å². The highest BCUT2D eigenvalue weighted by atomic mass is 16.6. The van der Waals surface area contributed by atoms with Crippen LogP contribution >= 0.6 is 0 Å². The summed E-state index contributed by atoms with van der Waals surface area (Å²) in [5, 5.41) is 0. The molecule has 6 heteroatoms. The van der Waals surface area contributed by atoms with Crippen molar-refractivity contribution >= 4 is 17.9 Å². The third-order valence-electron chi connectivity index (χ3n) is 13.4. The Hall–Kier alpha value is -4.45. The first-order chi connectivity index (χ1) is 38.5. The van der Waals surface area contributed by atoms with Gasteiger partial charge in [0.1, 0.15) is 13.2 Å². The molecule has 0 aliphatic heterocycles. The van der Waals surface area contributed by atoms with Crippen molar-refractivity contribution < 1.29 is 28.6 Å². The molecule has 0 aromatic carbocycles. The van der Waals surface area contributed by atoms with Gasteiger partial charge in [0, 0.05) is 19.3 Å². The lowest BCUT2D eigenvalue weighted by Gasteiger charge is -2.18. The molecule has 0 aliphatic carbocycles. The van der Waals surface area contributed by atoms with E-state index in [0.717, 1.165) is 141 Å². The summed E-state index contributed by atoms with van der Waals surface area (Å²) in [6.07, 6.45) is 91.7. The Kier molecular flexibility index (Phi) is 61.4. The molecule has 0 aromatic rings. The Bertz CT molecular complexity index is 1670. The zero-order valence-corrected chi connectivity index (χ0v) is 50.6. The average molecular weight is 1080 g/mol. The van der Waals surface area contributed by atoms with E-state index < -0.39 is 6.10 Å². The lowest BCUT2D eigenvalue weighted by molar-refractivity contribution is -0.167. The summed E-state index contributed by atoms with van der Waals surface area (Å²) in [6.45, 7) is 6.39. The van der Waals surface area contributed by atoms with Crippen LogP contribution in [0.4, 0.5) is 0 Å². The van der Waals surface area contributed by atoms with E-state index in [9.17, 15) is 14.4 Å². The van der Waals surface area contributed by atoms with Crippen molar-refractivity contribution in [1.29, 1.82) is 0 Å². The molecular formula is C72H118O6. The van der Waals surface area contributed by atoms with Gasteiger partial charge in [-0.1, -0.05) is 283 Å². The molecule has 0 fully saturated rings. The van der Waals surface area contributed by atoms with E-state index in [4.69, 9.17) is 14.2 Å². The van der Waals surface area contributed by atoms with Gasteiger partial charge in [-0.3, -0.25) is 14.4 Å². The van der Waals surface area contributed by atoms with E-state index in [0.29, 0.717) is 19.3 Å². The van der Waals surface area contributed by atoms with E-state index >= 15 is 0 Å². The van der Waals surface area contributed by atoms with E-state index in [1.165, 1.54) is 103 Å². The zero-order chi connectivity index (χ0) is 56.4. The first kappa shape index (κ1) is 73.5. The highest BCUT2D eigenvalue weighted by Crippen LogP contribution is 2.15. The number of unbranched alkanes of at least 4 members (excludes halogenated alkanes) is 24. The molecule has 1 atom stereocenters. The van der Waals surface area contributed by atoms with Crippen LogP contribution in [0.15, 0.2) is 134 Å². The fourth-order valence-corrected chi connectivity index (χ4v) is 8.65. The smallest absolute Gasteiger partial charge is 0.306 e. The minimum Gasteiger partial charge on any atom is -0.462 e. The highest BCUT2D eigenvalue weighted by molar-refractivity contribution is 5.71. The van der Waals surface area contributed by atoms with Gasteiger partial charge in [-0.05, 0) is 116 Å². The number of rotatable bonds is 57. The molecule has 0 saturated carbocycles.